The van der Waals surface area contributed by atoms with Gasteiger partial charge >= 0.3 is 0 Å². The van der Waals surface area contributed by atoms with Crippen molar-refractivity contribution in [2.75, 3.05) is 7.05 Å². The van der Waals surface area contributed by atoms with E-state index in [1.165, 1.54) is 0 Å². The van der Waals surface area contributed by atoms with Crippen molar-refractivity contribution in [1.29, 1.82) is 0 Å². The van der Waals surface area contributed by atoms with Gasteiger partial charge in [0.05, 0.1) is 11.1 Å². The molecule has 96 valence electrons. The molecular weight excluding hydrogens is 224 g/mol. The first-order valence-electron chi connectivity index (χ1n) is 6.52. The third kappa shape index (κ3) is 2.13. The zero-order chi connectivity index (χ0) is 13.1. The normalized spacial score (nSPS) is 11.1. The number of amides is 1. The number of fused-ring (bicyclic) bond motifs is 1. The van der Waals surface area contributed by atoms with E-state index in [0.29, 0.717) is 6.04 Å². The number of nitrogens with zero attached hydrogens (tertiary/aromatic N) is 1. The fraction of sp³-hybridized carbons (Fsp3) is 0.400. The van der Waals surface area contributed by atoms with Crippen LogP contribution in [0.4, 0.5) is 0 Å². The summed E-state index contributed by atoms with van der Waals surface area (Å²) in [5.74, 6) is 0.0942. The number of rotatable bonds is 4. The summed E-state index contributed by atoms with van der Waals surface area (Å²) >= 11 is 0. The SMILES string of the molecule is CCC(CC)N(C)C(=O)c1cccc2cc[nH]c12. The van der Waals surface area contributed by atoms with Crippen LogP contribution in [0.3, 0.4) is 0 Å². The average Bonchev–Trinajstić information content (AvgIpc) is 2.87. The molecule has 2 aromatic rings. The number of aromatic amines is 1. The molecule has 0 fully saturated rings. The van der Waals surface area contributed by atoms with Crippen LogP contribution in [0.2, 0.25) is 0 Å². The van der Waals surface area contributed by atoms with Crippen LogP contribution >= 0.6 is 0 Å². The first kappa shape index (κ1) is 12.7. The van der Waals surface area contributed by atoms with Crippen LogP contribution in [0.25, 0.3) is 10.9 Å². The van der Waals surface area contributed by atoms with Crippen LogP contribution in [0.1, 0.15) is 37.0 Å². The van der Waals surface area contributed by atoms with E-state index in [-0.39, 0.29) is 5.91 Å². The smallest absolute Gasteiger partial charge is 0.255 e. The molecule has 0 saturated heterocycles. The Labute approximate surface area is 108 Å². The Kier molecular flexibility index (Phi) is 3.70. The third-order valence-corrected chi connectivity index (χ3v) is 3.63. The van der Waals surface area contributed by atoms with Gasteiger partial charge in [0.25, 0.3) is 5.91 Å². The lowest BCUT2D eigenvalue weighted by Gasteiger charge is -2.26. The van der Waals surface area contributed by atoms with Crippen LogP contribution < -0.4 is 0 Å². The Morgan fingerprint density at radius 3 is 2.67 bits per heavy atom. The molecule has 0 spiro atoms. The Hall–Kier alpha value is -1.77. The molecule has 2 rings (SSSR count). The van der Waals surface area contributed by atoms with Gasteiger partial charge in [0, 0.05) is 24.7 Å². The molecule has 0 aliphatic carbocycles. The highest BCUT2D eigenvalue weighted by Crippen LogP contribution is 2.20. The number of aromatic nitrogens is 1. The van der Waals surface area contributed by atoms with Gasteiger partial charge in [0.15, 0.2) is 0 Å². The highest BCUT2D eigenvalue weighted by atomic mass is 16.2. The summed E-state index contributed by atoms with van der Waals surface area (Å²) in [6.45, 7) is 4.24. The molecule has 0 bridgehead atoms. The second-order valence-electron chi connectivity index (χ2n) is 4.63. The molecule has 0 aliphatic heterocycles. The van der Waals surface area contributed by atoms with Crippen molar-refractivity contribution in [3.8, 4) is 0 Å². The molecule has 1 aromatic carbocycles. The molecule has 0 radical (unpaired) electrons. The topological polar surface area (TPSA) is 36.1 Å². The third-order valence-electron chi connectivity index (χ3n) is 3.63. The molecule has 0 unspecified atom stereocenters. The Bertz CT molecular complexity index is 540. The van der Waals surface area contributed by atoms with E-state index in [4.69, 9.17) is 0 Å². The summed E-state index contributed by atoms with van der Waals surface area (Å²) in [6, 6.07) is 8.13. The zero-order valence-corrected chi connectivity index (χ0v) is 11.2. The summed E-state index contributed by atoms with van der Waals surface area (Å²) in [5.41, 5.74) is 1.69. The molecule has 1 N–H and O–H groups in total. The largest absolute Gasteiger partial charge is 0.361 e. The van der Waals surface area contributed by atoms with E-state index in [2.05, 4.69) is 18.8 Å². The number of hydrogen-bond acceptors (Lipinski definition) is 1. The number of carbonyl (C=O) groups excluding carboxylic acids is 1. The highest BCUT2D eigenvalue weighted by Gasteiger charge is 2.20. The molecule has 0 aliphatic rings. The summed E-state index contributed by atoms with van der Waals surface area (Å²) < 4.78 is 0. The predicted octanol–water partition coefficient (Wildman–Crippen LogP) is 3.43. The maximum Gasteiger partial charge on any atom is 0.255 e. The molecule has 0 atom stereocenters. The average molecular weight is 244 g/mol. The van der Waals surface area contributed by atoms with Gasteiger partial charge in [0.1, 0.15) is 0 Å². The molecular formula is C15H20N2O. The maximum atomic E-state index is 12.5. The van der Waals surface area contributed by atoms with E-state index in [0.717, 1.165) is 29.3 Å². The monoisotopic (exact) mass is 244 g/mol. The maximum absolute atomic E-state index is 12.5. The number of carbonyl (C=O) groups is 1. The zero-order valence-electron chi connectivity index (χ0n) is 11.2. The van der Waals surface area contributed by atoms with Crippen molar-refractivity contribution in [3.63, 3.8) is 0 Å². The minimum absolute atomic E-state index is 0.0942. The fourth-order valence-electron chi connectivity index (χ4n) is 2.46. The fourth-order valence-corrected chi connectivity index (χ4v) is 2.46. The summed E-state index contributed by atoms with van der Waals surface area (Å²) in [6.07, 6.45) is 3.84. The van der Waals surface area contributed by atoms with Gasteiger partial charge in [0.2, 0.25) is 0 Å². The predicted molar refractivity (Wildman–Crippen MR) is 74.8 cm³/mol. The molecule has 0 saturated carbocycles. The lowest BCUT2D eigenvalue weighted by Crippen LogP contribution is -2.36. The Morgan fingerprint density at radius 1 is 1.28 bits per heavy atom. The first-order valence-corrected chi connectivity index (χ1v) is 6.52. The second-order valence-corrected chi connectivity index (χ2v) is 4.63. The minimum Gasteiger partial charge on any atom is -0.361 e. The standard InChI is InChI=1S/C15H20N2O/c1-4-12(5-2)17(3)15(18)13-8-6-7-11-9-10-16-14(11)13/h6-10,12,16H,4-5H2,1-3H3. The summed E-state index contributed by atoms with van der Waals surface area (Å²) in [4.78, 5) is 17.5. The first-order chi connectivity index (χ1) is 8.69. The lowest BCUT2D eigenvalue weighted by atomic mass is 10.1. The van der Waals surface area contributed by atoms with Gasteiger partial charge in [-0.15, -0.1) is 0 Å². The van der Waals surface area contributed by atoms with Crippen LogP contribution in [-0.2, 0) is 0 Å². The molecule has 1 amide bonds. The van der Waals surface area contributed by atoms with Crippen LogP contribution in [-0.4, -0.2) is 28.9 Å². The number of H-pyrrole nitrogens is 1. The van der Waals surface area contributed by atoms with E-state index in [1.54, 1.807) is 0 Å². The van der Waals surface area contributed by atoms with Crippen LogP contribution in [0.5, 0.6) is 0 Å². The van der Waals surface area contributed by atoms with Crippen molar-refractivity contribution in [2.24, 2.45) is 0 Å². The lowest BCUT2D eigenvalue weighted by molar-refractivity contribution is 0.0725. The van der Waals surface area contributed by atoms with Gasteiger partial charge in [-0.2, -0.15) is 0 Å². The van der Waals surface area contributed by atoms with E-state index >= 15 is 0 Å². The van der Waals surface area contributed by atoms with E-state index in [9.17, 15) is 4.79 Å². The van der Waals surface area contributed by atoms with E-state index in [1.807, 2.05) is 42.4 Å². The van der Waals surface area contributed by atoms with Crippen molar-refractivity contribution in [1.82, 2.24) is 9.88 Å². The number of nitrogens with one attached hydrogen (secondary N) is 1. The van der Waals surface area contributed by atoms with Crippen molar-refractivity contribution in [2.45, 2.75) is 32.7 Å². The molecule has 18 heavy (non-hydrogen) atoms. The molecule has 1 aromatic heterocycles. The second kappa shape index (κ2) is 5.25. The molecule has 3 heteroatoms. The molecule has 3 nitrogen and oxygen atoms in total. The van der Waals surface area contributed by atoms with Crippen molar-refractivity contribution < 1.29 is 4.79 Å². The number of para-hydroxylation sites is 1. The van der Waals surface area contributed by atoms with Crippen LogP contribution in [0.15, 0.2) is 30.5 Å². The number of benzene rings is 1. The van der Waals surface area contributed by atoms with Gasteiger partial charge in [-0.1, -0.05) is 26.0 Å². The van der Waals surface area contributed by atoms with Gasteiger partial charge in [-0.25, -0.2) is 0 Å². The van der Waals surface area contributed by atoms with Gasteiger partial charge in [-0.05, 0) is 25.0 Å². The van der Waals surface area contributed by atoms with Crippen molar-refractivity contribution in [3.05, 3.63) is 36.0 Å². The minimum atomic E-state index is 0.0942. The van der Waals surface area contributed by atoms with Gasteiger partial charge < -0.3 is 9.88 Å². The molecule has 1 heterocycles. The number of hydrogen-bond donors (Lipinski definition) is 1. The Balaban J connectivity index is 2.36. The quantitative estimate of drug-likeness (QED) is 0.878. The van der Waals surface area contributed by atoms with Crippen molar-refractivity contribution >= 4 is 16.8 Å². The van der Waals surface area contributed by atoms with E-state index < -0.39 is 0 Å². The van der Waals surface area contributed by atoms with Gasteiger partial charge in [-0.3, -0.25) is 4.79 Å². The highest BCUT2D eigenvalue weighted by molar-refractivity contribution is 6.05. The summed E-state index contributed by atoms with van der Waals surface area (Å²) in [5, 5.41) is 1.08. The van der Waals surface area contributed by atoms with Crippen LogP contribution in [0, 0.1) is 0 Å². The summed E-state index contributed by atoms with van der Waals surface area (Å²) in [7, 11) is 1.89. The Morgan fingerprint density at radius 2 is 2.00 bits per heavy atom.